The van der Waals surface area contributed by atoms with E-state index in [2.05, 4.69) is 22.4 Å². The summed E-state index contributed by atoms with van der Waals surface area (Å²) in [5.41, 5.74) is 0.705. The average Bonchev–Trinajstić information content (AvgIpc) is 2.89. The first kappa shape index (κ1) is 10.9. The van der Waals surface area contributed by atoms with Crippen LogP contribution in [0.3, 0.4) is 0 Å². The quantitative estimate of drug-likeness (QED) is 0.856. The summed E-state index contributed by atoms with van der Waals surface area (Å²) in [5, 5.41) is 11.1. The minimum absolute atomic E-state index is 0.106. The zero-order valence-electron chi connectivity index (χ0n) is 8.99. The minimum atomic E-state index is -0.106. The van der Waals surface area contributed by atoms with E-state index >= 15 is 0 Å². The standard InChI is InChI=1S/C11H13N3OS/c1-2-3-9-6-8(7-16-9)11(15)13-10-4-5-12-14-10/h4-7H,2-3H2,1H3,(H2,12,13,14,15). The summed E-state index contributed by atoms with van der Waals surface area (Å²) in [5.74, 6) is 0.443. The predicted molar refractivity (Wildman–Crippen MR) is 64.9 cm³/mol. The van der Waals surface area contributed by atoms with Crippen LogP contribution >= 0.6 is 11.3 Å². The summed E-state index contributed by atoms with van der Waals surface area (Å²) < 4.78 is 0. The molecule has 1 amide bonds. The van der Waals surface area contributed by atoms with Crippen molar-refractivity contribution in [3.8, 4) is 0 Å². The monoisotopic (exact) mass is 235 g/mol. The van der Waals surface area contributed by atoms with Crippen molar-refractivity contribution in [2.45, 2.75) is 19.8 Å². The summed E-state index contributed by atoms with van der Waals surface area (Å²) >= 11 is 1.63. The molecule has 2 rings (SSSR count). The molecule has 0 spiro atoms. The molecule has 0 aliphatic carbocycles. The molecular formula is C11H13N3OS. The van der Waals surface area contributed by atoms with Gasteiger partial charge in [-0.2, -0.15) is 5.10 Å². The Morgan fingerprint density at radius 3 is 3.19 bits per heavy atom. The van der Waals surface area contributed by atoms with E-state index in [-0.39, 0.29) is 5.91 Å². The maximum atomic E-state index is 11.8. The highest BCUT2D eigenvalue weighted by Crippen LogP contribution is 2.17. The lowest BCUT2D eigenvalue weighted by Crippen LogP contribution is -2.11. The molecule has 2 N–H and O–H groups in total. The summed E-state index contributed by atoms with van der Waals surface area (Å²) in [7, 11) is 0. The normalized spacial score (nSPS) is 10.3. The molecule has 0 saturated carbocycles. The Hall–Kier alpha value is -1.62. The zero-order chi connectivity index (χ0) is 11.4. The van der Waals surface area contributed by atoms with Gasteiger partial charge in [0.25, 0.3) is 5.91 Å². The van der Waals surface area contributed by atoms with Crippen LogP contribution in [0.1, 0.15) is 28.6 Å². The van der Waals surface area contributed by atoms with E-state index in [9.17, 15) is 4.79 Å². The second-order valence-corrected chi connectivity index (χ2v) is 4.46. The van der Waals surface area contributed by atoms with Crippen LogP contribution in [0.2, 0.25) is 0 Å². The van der Waals surface area contributed by atoms with E-state index in [4.69, 9.17) is 0 Å². The Labute approximate surface area is 97.7 Å². The van der Waals surface area contributed by atoms with Gasteiger partial charge in [0.2, 0.25) is 0 Å². The van der Waals surface area contributed by atoms with E-state index in [0.717, 1.165) is 12.8 Å². The number of nitrogens with one attached hydrogen (secondary N) is 2. The number of carbonyl (C=O) groups excluding carboxylic acids is 1. The third kappa shape index (κ3) is 2.49. The van der Waals surface area contributed by atoms with Gasteiger partial charge in [-0.3, -0.25) is 9.89 Å². The fraction of sp³-hybridized carbons (Fsp3) is 0.273. The number of hydrogen-bond donors (Lipinski definition) is 2. The number of amides is 1. The molecule has 16 heavy (non-hydrogen) atoms. The first-order valence-electron chi connectivity index (χ1n) is 5.18. The van der Waals surface area contributed by atoms with E-state index in [1.54, 1.807) is 23.6 Å². The van der Waals surface area contributed by atoms with E-state index < -0.39 is 0 Å². The van der Waals surface area contributed by atoms with Crippen LogP contribution in [0.15, 0.2) is 23.7 Å². The van der Waals surface area contributed by atoms with Crippen molar-refractivity contribution >= 4 is 23.1 Å². The number of carbonyl (C=O) groups is 1. The fourth-order valence-corrected chi connectivity index (χ4v) is 2.37. The molecule has 0 saturated heterocycles. The second-order valence-electron chi connectivity index (χ2n) is 3.47. The number of anilines is 1. The minimum Gasteiger partial charge on any atom is -0.305 e. The molecule has 0 aliphatic heterocycles. The van der Waals surface area contributed by atoms with Crippen LogP contribution in [0.4, 0.5) is 5.82 Å². The van der Waals surface area contributed by atoms with Crippen molar-refractivity contribution < 1.29 is 4.79 Å². The molecule has 4 nitrogen and oxygen atoms in total. The molecule has 0 aromatic carbocycles. The molecule has 0 radical (unpaired) electrons. The molecule has 0 aliphatic rings. The summed E-state index contributed by atoms with van der Waals surface area (Å²) in [6, 6.07) is 3.66. The van der Waals surface area contributed by atoms with Gasteiger partial charge in [0.1, 0.15) is 0 Å². The summed E-state index contributed by atoms with van der Waals surface area (Å²) in [6.45, 7) is 2.13. The highest BCUT2D eigenvalue weighted by Gasteiger charge is 2.09. The third-order valence-electron chi connectivity index (χ3n) is 2.15. The molecule has 0 unspecified atom stereocenters. The van der Waals surface area contributed by atoms with Gasteiger partial charge in [0, 0.05) is 22.5 Å². The number of nitrogens with zero attached hydrogens (tertiary/aromatic N) is 1. The Bertz CT molecular complexity index is 461. The highest BCUT2D eigenvalue weighted by molar-refractivity contribution is 7.10. The van der Waals surface area contributed by atoms with Gasteiger partial charge < -0.3 is 5.32 Å². The van der Waals surface area contributed by atoms with Gasteiger partial charge in [-0.1, -0.05) is 13.3 Å². The van der Waals surface area contributed by atoms with Crippen LogP contribution in [-0.4, -0.2) is 16.1 Å². The zero-order valence-corrected chi connectivity index (χ0v) is 9.80. The SMILES string of the molecule is CCCc1cc(C(=O)Nc2cc[nH]n2)cs1. The smallest absolute Gasteiger partial charge is 0.257 e. The average molecular weight is 235 g/mol. The van der Waals surface area contributed by atoms with Gasteiger partial charge >= 0.3 is 0 Å². The molecule has 2 heterocycles. The highest BCUT2D eigenvalue weighted by atomic mass is 32.1. The van der Waals surface area contributed by atoms with E-state index in [0.29, 0.717) is 11.4 Å². The Balaban J connectivity index is 2.03. The first-order chi connectivity index (χ1) is 7.79. The van der Waals surface area contributed by atoms with E-state index in [1.165, 1.54) is 4.88 Å². The van der Waals surface area contributed by atoms with Gasteiger partial charge in [-0.05, 0) is 12.5 Å². The maximum absolute atomic E-state index is 11.8. The van der Waals surface area contributed by atoms with Crippen molar-refractivity contribution in [1.82, 2.24) is 10.2 Å². The van der Waals surface area contributed by atoms with Crippen LogP contribution < -0.4 is 5.32 Å². The van der Waals surface area contributed by atoms with Gasteiger partial charge in [0.05, 0.1) is 5.56 Å². The van der Waals surface area contributed by atoms with Gasteiger partial charge in [0.15, 0.2) is 5.82 Å². The van der Waals surface area contributed by atoms with Crippen molar-refractivity contribution in [3.63, 3.8) is 0 Å². The van der Waals surface area contributed by atoms with Gasteiger partial charge in [-0.15, -0.1) is 11.3 Å². The Morgan fingerprint density at radius 1 is 1.62 bits per heavy atom. The van der Waals surface area contributed by atoms with Crippen molar-refractivity contribution in [1.29, 1.82) is 0 Å². The molecule has 2 aromatic heterocycles. The molecule has 0 bridgehead atoms. The van der Waals surface area contributed by atoms with Crippen LogP contribution in [0, 0.1) is 0 Å². The van der Waals surface area contributed by atoms with Crippen LogP contribution in [-0.2, 0) is 6.42 Å². The van der Waals surface area contributed by atoms with Crippen molar-refractivity contribution in [2.24, 2.45) is 0 Å². The molecule has 2 aromatic rings. The molecule has 5 heteroatoms. The Morgan fingerprint density at radius 2 is 2.50 bits per heavy atom. The van der Waals surface area contributed by atoms with Gasteiger partial charge in [-0.25, -0.2) is 0 Å². The maximum Gasteiger partial charge on any atom is 0.257 e. The number of rotatable bonds is 4. The molecule has 0 atom stereocenters. The topological polar surface area (TPSA) is 57.8 Å². The number of aryl methyl sites for hydroxylation is 1. The number of H-pyrrole nitrogens is 1. The van der Waals surface area contributed by atoms with Crippen LogP contribution in [0.25, 0.3) is 0 Å². The van der Waals surface area contributed by atoms with Crippen LogP contribution in [0.5, 0.6) is 0 Å². The lowest BCUT2D eigenvalue weighted by Gasteiger charge is -1.97. The lowest BCUT2D eigenvalue weighted by molar-refractivity contribution is 0.102. The van der Waals surface area contributed by atoms with Crippen molar-refractivity contribution in [3.05, 3.63) is 34.2 Å². The fourth-order valence-electron chi connectivity index (χ4n) is 1.40. The molecular weight excluding hydrogens is 222 g/mol. The number of aromatic amines is 1. The number of hydrogen-bond acceptors (Lipinski definition) is 3. The predicted octanol–water partition coefficient (Wildman–Crippen LogP) is 2.68. The summed E-state index contributed by atoms with van der Waals surface area (Å²) in [6.07, 6.45) is 3.80. The van der Waals surface area contributed by atoms with E-state index in [1.807, 2.05) is 11.4 Å². The van der Waals surface area contributed by atoms with Crippen molar-refractivity contribution in [2.75, 3.05) is 5.32 Å². The molecule has 84 valence electrons. The number of thiophene rings is 1. The third-order valence-corrected chi connectivity index (χ3v) is 3.15. The first-order valence-corrected chi connectivity index (χ1v) is 6.06. The molecule has 0 fully saturated rings. The largest absolute Gasteiger partial charge is 0.305 e. The summed E-state index contributed by atoms with van der Waals surface area (Å²) in [4.78, 5) is 13.0. The lowest BCUT2D eigenvalue weighted by atomic mass is 10.2. The Kier molecular flexibility index (Phi) is 3.36. The second kappa shape index (κ2) is 4.94. The number of aromatic nitrogens is 2.